The second-order valence-electron chi connectivity index (χ2n) is 0.736. The zero-order valence-corrected chi connectivity index (χ0v) is 5.70. The molecule has 0 aromatic heterocycles. The van der Waals surface area contributed by atoms with Crippen LogP contribution >= 0.6 is 0 Å². The first-order valence-corrected chi connectivity index (χ1v) is 3.79. The van der Waals surface area contributed by atoms with Crippen molar-refractivity contribution in [2.75, 3.05) is 0 Å². The third kappa shape index (κ3) is 4.29. The molecule has 9 heavy (non-hydrogen) atoms. The van der Waals surface area contributed by atoms with Crippen molar-refractivity contribution in [1.82, 2.24) is 0 Å². The molecule has 2 N–H and O–H groups in total. The molecule has 0 spiro atoms. The fraction of sp³-hybridized carbons (Fsp3) is 0. The molecule has 0 bridgehead atoms. The van der Waals surface area contributed by atoms with Gasteiger partial charge in [-0.3, -0.25) is 10.4 Å². The predicted octanol–water partition coefficient (Wildman–Crippen LogP) is -1.06. The van der Waals surface area contributed by atoms with Crippen LogP contribution in [0.4, 0.5) is 0 Å². The first kappa shape index (κ1) is 8.78. The summed E-state index contributed by atoms with van der Waals surface area (Å²) in [4.78, 5) is 0. The van der Waals surface area contributed by atoms with Gasteiger partial charge in [0.15, 0.2) is 21.8 Å². The Balaban J connectivity index is 4.07. The van der Waals surface area contributed by atoms with E-state index in [-0.39, 0.29) is 0 Å². The average molecular weight is 176 g/mol. The molecule has 0 saturated carbocycles. The van der Waals surface area contributed by atoms with E-state index in [0.29, 0.717) is 0 Å². The summed E-state index contributed by atoms with van der Waals surface area (Å²) in [5.74, 6) is 0. The molecule has 0 heterocycles. The van der Waals surface area contributed by atoms with Crippen LogP contribution in [-0.2, 0) is 25.4 Å². The van der Waals surface area contributed by atoms with Gasteiger partial charge in [0, 0.05) is 0 Å². The molecule has 0 unspecified atom stereocenters. The summed E-state index contributed by atoms with van der Waals surface area (Å²) in [5.41, 5.74) is 0. The maximum absolute atomic E-state index is 9.94. The molecule has 0 aliphatic rings. The van der Waals surface area contributed by atoms with Crippen molar-refractivity contribution in [3.63, 3.8) is 0 Å². The minimum atomic E-state index is -2.73. The lowest BCUT2D eigenvalue weighted by molar-refractivity contribution is 0.315. The summed E-state index contributed by atoms with van der Waals surface area (Å²) in [6.07, 6.45) is 0. The van der Waals surface area contributed by atoms with Gasteiger partial charge in [0.1, 0.15) is 0 Å². The van der Waals surface area contributed by atoms with Crippen LogP contribution in [0.5, 0.6) is 0 Å². The highest BCUT2D eigenvalue weighted by Crippen LogP contribution is 1.78. The summed E-state index contributed by atoms with van der Waals surface area (Å²) in [5, 5.41) is 15.3. The Labute approximate surface area is 54.0 Å². The van der Waals surface area contributed by atoms with Crippen molar-refractivity contribution in [3.05, 3.63) is 0 Å². The molecule has 0 saturated heterocycles. The van der Waals surface area contributed by atoms with Crippen molar-refractivity contribution >= 4 is 21.8 Å². The normalized spacial score (nSPS) is 18.0. The number of hydrogen-bond acceptors (Lipinski definition) is 5. The lowest BCUT2D eigenvalue weighted by Crippen LogP contribution is -1.83. The SMILES string of the molecule is O=[SH](=NO)O[SH](=O)=NO. The second kappa shape index (κ2) is 4.64. The zero-order chi connectivity index (χ0) is 7.28. The highest BCUT2D eigenvalue weighted by atomic mass is 32.2. The molecule has 0 aliphatic heterocycles. The topological polar surface area (TPSA) is 109 Å². The summed E-state index contributed by atoms with van der Waals surface area (Å²) in [6, 6.07) is 0. The Morgan fingerprint density at radius 1 is 1.11 bits per heavy atom. The predicted molar refractivity (Wildman–Crippen MR) is 28.6 cm³/mol. The highest BCUT2D eigenvalue weighted by Gasteiger charge is 1.81. The van der Waals surface area contributed by atoms with E-state index >= 15 is 0 Å². The molecule has 0 amide bonds. The Kier molecular flexibility index (Phi) is 4.53. The lowest BCUT2D eigenvalue weighted by Gasteiger charge is -1.80. The summed E-state index contributed by atoms with van der Waals surface area (Å²) in [7, 11) is -5.46. The van der Waals surface area contributed by atoms with Crippen molar-refractivity contribution in [2.24, 2.45) is 9.05 Å². The van der Waals surface area contributed by atoms with Crippen molar-refractivity contribution < 1.29 is 22.5 Å². The number of hydrogen-bond donors (Lipinski definition) is 4. The molecule has 0 aromatic carbocycles. The lowest BCUT2D eigenvalue weighted by atomic mass is 13.6. The minimum Gasteiger partial charge on any atom is -0.258 e. The van der Waals surface area contributed by atoms with E-state index in [1.54, 1.807) is 0 Å². The smallest absolute Gasteiger partial charge is 0.192 e. The Hall–Kier alpha value is -0.220. The van der Waals surface area contributed by atoms with Gasteiger partial charge >= 0.3 is 0 Å². The van der Waals surface area contributed by atoms with Crippen molar-refractivity contribution in [3.8, 4) is 0 Å². The molecule has 0 aromatic rings. The monoisotopic (exact) mass is 176 g/mol. The van der Waals surface area contributed by atoms with Crippen LogP contribution in [0.15, 0.2) is 9.05 Å². The number of thiol groups is 2. The van der Waals surface area contributed by atoms with Crippen LogP contribution in [0.25, 0.3) is 0 Å². The second-order valence-corrected chi connectivity index (χ2v) is 2.70. The summed E-state index contributed by atoms with van der Waals surface area (Å²) < 4.78 is 27.8. The fourth-order valence-electron chi connectivity index (χ4n) is 0.0924. The molecule has 0 fully saturated rings. The molecule has 7 nitrogen and oxygen atoms in total. The molecule has 56 valence electrons. The third-order valence-corrected chi connectivity index (χ3v) is 1.70. The van der Waals surface area contributed by atoms with Crippen molar-refractivity contribution in [2.45, 2.75) is 0 Å². The van der Waals surface area contributed by atoms with Crippen molar-refractivity contribution in [1.29, 1.82) is 0 Å². The van der Waals surface area contributed by atoms with Gasteiger partial charge in [-0.15, -0.1) is 0 Å². The van der Waals surface area contributed by atoms with Gasteiger partial charge in [-0.25, -0.2) is 8.42 Å². The van der Waals surface area contributed by atoms with Crippen LogP contribution in [0, 0.1) is 0 Å². The number of nitrogens with zero attached hydrogens (tertiary/aromatic N) is 2. The minimum absolute atomic E-state index is 2.11. The van der Waals surface area contributed by atoms with Gasteiger partial charge in [0.25, 0.3) is 0 Å². The molecule has 0 radical (unpaired) electrons. The molecular weight excluding hydrogens is 172 g/mol. The Morgan fingerprint density at radius 2 is 1.44 bits per heavy atom. The largest absolute Gasteiger partial charge is 0.258 e. The van der Waals surface area contributed by atoms with E-state index in [9.17, 15) is 8.42 Å². The van der Waals surface area contributed by atoms with Gasteiger partial charge < -0.3 is 0 Å². The van der Waals surface area contributed by atoms with E-state index in [2.05, 4.69) is 12.7 Å². The van der Waals surface area contributed by atoms with Gasteiger partial charge in [-0.05, 0) is 0 Å². The zero-order valence-electron chi connectivity index (χ0n) is 3.91. The van der Waals surface area contributed by atoms with Gasteiger partial charge in [-0.2, -0.15) is 3.63 Å². The van der Waals surface area contributed by atoms with Crippen LogP contribution in [0.3, 0.4) is 0 Å². The van der Waals surface area contributed by atoms with E-state index in [0.717, 1.165) is 0 Å². The van der Waals surface area contributed by atoms with E-state index in [4.69, 9.17) is 10.4 Å². The van der Waals surface area contributed by atoms with Gasteiger partial charge in [-0.1, -0.05) is 9.05 Å². The molecule has 9 heteroatoms. The van der Waals surface area contributed by atoms with Gasteiger partial charge in [0.2, 0.25) is 0 Å². The Morgan fingerprint density at radius 3 is 1.67 bits per heavy atom. The fourth-order valence-corrected chi connectivity index (χ4v) is 0.832. The molecule has 0 rings (SSSR count). The van der Waals surface area contributed by atoms with E-state index in [1.165, 1.54) is 0 Å². The standard InChI is InChI=1S/H4N2O5S2/c3-1-8(5)7-9(6)2-4/h3-4,8-9H. The van der Waals surface area contributed by atoms with Gasteiger partial charge in [0.05, 0.1) is 0 Å². The van der Waals surface area contributed by atoms with Crippen LogP contribution in [0.2, 0.25) is 0 Å². The maximum Gasteiger partial charge on any atom is 0.192 e. The van der Waals surface area contributed by atoms with Crippen LogP contribution < -0.4 is 0 Å². The average Bonchev–Trinajstić information content (AvgIpc) is 1.87. The maximum atomic E-state index is 9.94. The summed E-state index contributed by atoms with van der Waals surface area (Å²) in [6.45, 7) is 0. The molecule has 0 aliphatic carbocycles. The first-order valence-electron chi connectivity index (χ1n) is 1.53. The molecular formula is H4N2O5S2. The molecule has 0 atom stereocenters. The third-order valence-electron chi connectivity index (χ3n) is 0.286. The van der Waals surface area contributed by atoms with E-state index in [1.807, 2.05) is 0 Å². The van der Waals surface area contributed by atoms with Crippen LogP contribution in [-0.4, -0.2) is 18.8 Å². The summed E-state index contributed by atoms with van der Waals surface area (Å²) >= 11 is 0. The quantitative estimate of drug-likeness (QED) is 0.317. The Bertz CT molecular complexity index is 193. The van der Waals surface area contributed by atoms with E-state index < -0.39 is 21.8 Å². The first-order chi connectivity index (χ1) is 4.20. The number of rotatable bonds is 2. The highest BCUT2D eigenvalue weighted by molar-refractivity contribution is 7.83. The van der Waals surface area contributed by atoms with Crippen LogP contribution in [0.1, 0.15) is 0 Å².